The summed E-state index contributed by atoms with van der Waals surface area (Å²) >= 11 is 0. The first-order chi connectivity index (χ1) is 8.99. The highest BCUT2D eigenvalue weighted by Gasteiger charge is 2.30. The lowest BCUT2D eigenvalue weighted by molar-refractivity contribution is 0.268. The minimum atomic E-state index is -3.30. The van der Waals surface area contributed by atoms with Gasteiger partial charge in [-0.2, -0.15) is 17.4 Å². The van der Waals surface area contributed by atoms with Gasteiger partial charge in [0.25, 0.3) is 10.2 Å². The third kappa shape index (κ3) is 4.15. The molecular weight excluding hydrogens is 262 g/mol. The first kappa shape index (κ1) is 15.2. The van der Waals surface area contributed by atoms with Gasteiger partial charge in [-0.15, -0.1) is 0 Å². The lowest BCUT2D eigenvalue weighted by Crippen LogP contribution is -2.50. The average Bonchev–Trinajstić information content (AvgIpc) is 2.39. The zero-order valence-corrected chi connectivity index (χ0v) is 12.9. The summed E-state index contributed by atoms with van der Waals surface area (Å²) in [6, 6.07) is 0.0318. The minimum Gasteiger partial charge on any atom is -0.317 e. The molecule has 112 valence electrons. The predicted octanol–water partition coefficient (Wildman–Crippen LogP) is 0.941. The van der Waals surface area contributed by atoms with E-state index in [4.69, 9.17) is 0 Å². The van der Waals surface area contributed by atoms with E-state index >= 15 is 0 Å². The van der Waals surface area contributed by atoms with Crippen molar-refractivity contribution in [3.63, 3.8) is 0 Å². The molecule has 5 nitrogen and oxygen atoms in total. The van der Waals surface area contributed by atoms with Crippen LogP contribution < -0.4 is 10.0 Å². The molecule has 0 spiro atoms. The molecule has 0 aromatic rings. The van der Waals surface area contributed by atoms with Crippen LogP contribution in [0.3, 0.4) is 0 Å². The summed E-state index contributed by atoms with van der Waals surface area (Å²) in [5, 5.41) is 3.31. The maximum Gasteiger partial charge on any atom is 0.279 e. The Balaban J connectivity index is 1.92. The van der Waals surface area contributed by atoms with Crippen molar-refractivity contribution in [1.29, 1.82) is 0 Å². The number of rotatable bonds is 4. The highest BCUT2D eigenvalue weighted by atomic mass is 32.2. The van der Waals surface area contributed by atoms with E-state index in [2.05, 4.69) is 17.0 Å². The Bertz CT molecular complexity index is 379. The van der Waals surface area contributed by atoms with Gasteiger partial charge in [0.05, 0.1) is 0 Å². The summed E-state index contributed by atoms with van der Waals surface area (Å²) in [4.78, 5) is 0. The third-order valence-corrected chi connectivity index (χ3v) is 6.07. The Morgan fingerprint density at radius 3 is 2.58 bits per heavy atom. The van der Waals surface area contributed by atoms with E-state index in [-0.39, 0.29) is 6.04 Å². The molecule has 2 aliphatic heterocycles. The van der Waals surface area contributed by atoms with Gasteiger partial charge in [0.1, 0.15) is 0 Å². The minimum absolute atomic E-state index is 0.0318. The van der Waals surface area contributed by atoms with Crippen molar-refractivity contribution in [1.82, 2.24) is 14.3 Å². The zero-order chi connectivity index (χ0) is 13.9. The van der Waals surface area contributed by atoms with Gasteiger partial charge in [0, 0.05) is 19.1 Å². The summed E-state index contributed by atoms with van der Waals surface area (Å²) in [7, 11) is -3.30. The van der Waals surface area contributed by atoms with Gasteiger partial charge in [-0.25, -0.2) is 0 Å². The molecule has 0 aliphatic carbocycles. The number of hydrogen-bond donors (Lipinski definition) is 2. The molecule has 2 N–H and O–H groups in total. The van der Waals surface area contributed by atoms with Gasteiger partial charge in [-0.3, -0.25) is 0 Å². The van der Waals surface area contributed by atoms with Gasteiger partial charge >= 0.3 is 0 Å². The first-order valence-corrected chi connectivity index (χ1v) is 8.91. The fourth-order valence-electron chi connectivity index (χ4n) is 3.11. The number of nitrogens with zero attached hydrogens (tertiary/aromatic N) is 1. The van der Waals surface area contributed by atoms with E-state index in [1.54, 1.807) is 4.31 Å². The van der Waals surface area contributed by atoms with Crippen LogP contribution in [0.4, 0.5) is 0 Å². The summed E-state index contributed by atoms with van der Waals surface area (Å²) in [6.45, 7) is 7.45. The van der Waals surface area contributed by atoms with Crippen LogP contribution in [0.1, 0.15) is 39.5 Å². The molecule has 2 aliphatic rings. The van der Waals surface area contributed by atoms with Crippen LogP contribution in [0.2, 0.25) is 0 Å². The molecule has 2 unspecified atom stereocenters. The lowest BCUT2D eigenvalue weighted by atomic mass is 9.92. The highest BCUT2D eigenvalue weighted by Crippen LogP contribution is 2.20. The van der Waals surface area contributed by atoms with Gasteiger partial charge in [0.2, 0.25) is 0 Å². The fourth-order valence-corrected chi connectivity index (χ4v) is 4.75. The molecule has 0 amide bonds. The molecule has 2 heterocycles. The van der Waals surface area contributed by atoms with Gasteiger partial charge in [-0.05, 0) is 57.5 Å². The van der Waals surface area contributed by atoms with E-state index in [0.717, 1.165) is 38.8 Å². The zero-order valence-electron chi connectivity index (χ0n) is 12.1. The third-order valence-electron chi connectivity index (χ3n) is 4.39. The second-order valence-electron chi connectivity index (χ2n) is 6.10. The maximum atomic E-state index is 12.4. The molecule has 0 saturated carbocycles. The van der Waals surface area contributed by atoms with E-state index in [1.165, 1.54) is 0 Å². The summed E-state index contributed by atoms with van der Waals surface area (Å²) in [6.07, 6.45) is 4.22. The Labute approximate surface area is 117 Å². The number of piperidine rings is 2. The molecule has 2 rings (SSSR count). The Hall–Kier alpha value is -0.170. The Morgan fingerprint density at radius 2 is 1.95 bits per heavy atom. The van der Waals surface area contributed by atoms with Crippen LogP contribution in [0, 0.1) is 11.8 Å². The van der Waals surface area contributed by atoms with E-state index in [9.17, 15) is 8.42 Å². The van der Waals surface area contributed by atoms with Crippen molar-refractivity contribution in [2.24, 2.45) is 11.8 Å². The van der Waals surface area contributed by atoms with Crippen molar-refractivity contribution in [2.75, 3.05) is 26.2 Å². The normalized spacial score (nSPS) is 29.3. The number of nitrogens with one attached hydrogen (secondary N) is 2. The monoisotopic (exact) mass is 289 g/mol. The SMILES string of the molecule is CC1CCCN(S(=O)(=O)NC(C)C2CCNCC2)C1. The molecular formula is C13H27N3O2S. The Kier molecular flexibility index (Phi) is 5.22. The number of hydrogen-bond acceptors (Lipinski definition) is 3. The molecule has 19 heavy (non-hydrogen) atoms. The van der Waals surface area contributed by atoms with Crippen molar-refractivity contribution >= 4 is 10.2 Å². The fraction of sp³-hybridized carbons (Fsp3) is 1.00. The van der Waals surface area contributed by atoms with Gasteiger partial charge in [0.15, 0.2) is 0 Å². The van der Waals surface area contributed by atoms with Crippen molar-refractivity contribution < 1.29 is 8.42 Å². The second-order valence-corrected chi connectivity index (χ2v) is 7.81. The summed E-state index contributed by atoms with van der Waals surface area (Å²) in [5.41, 5.74) is 0. The molecule has 0 radical (unpaired) electrons. The molecule has 0 bridgehead atoms. The summed E-state index contributed by atoms with van der Waals surface area (Å²) in [5.74, 6) is 0.928. The topological polar surface area (TPSA) is 61.4 Å². The molecule has 0 aromatic heterocycles. The van der Waals surface area contributed by atoms with Crippen molar-refractivity contribution in [3.8, 4) is 0 Å². The van der Waals surface area contributed by atoms with Crippen LogP contribution >= 0.6 is 0 Å². The van der Waals surface area contributed by atoms with E-state index in [1.807, 2.05) is 6.92 Å². The highest BCUT2D eigenvalue weighted by molar-refractivity contribution is 7.87. The second kappa shape index (κ2) is 6.52. The molecule has 2 saturated heterocycles. The van der Waals surface area contributed by atoms with E-state index < -0.39 is 10.2 Å². The smallest absolute Gasteiger partial charge is 0.279 e. The van der Waals surface area contributed by atoms with Gasteiger partial charge in [-0.1, -0.05) is 6.92 Å². The molecule has 0 aromatic carbocycles. The van der Waals surface area contributed by atoms with Crippen LogP contribution in [0.25, 0.3) is 0 Å². The molecule has 2 atom stereocenters. The molecule has 6 heteroatoms. The summed E-state index contributed by atoms with van der Waals surface area (Å²) < 4.78 is 29.3. The van der Waals surface area contributed by atoms with Crippen molar-refractivity contribution in [2.45, 2.75) is 45.6 Å². The maximum absolute atomic E-state index is 12.4. The Morgan fingerprint density at radius 1 is 1.26 bits per heavy atom. The van der Waals surface area contributed by atoms with Crippen LogP contribution in [-0.4, -0.2) is 44.9 Å². The molecule has 2 fully saturated rings. The van der Waals surface area contributed by atoms with Crippen LogP contribution in [0.15, 0.2) is 0 Å². The van der Waals surface area contributed by atoms with Crippen LogP contribution in [0.5, 0.6) is 0 Å². The van der Waals surface area contributed by atoms with Gasteiger partial charge < -0.3 is 5.32 Å². The predicted molar refractivity (Wildman–Crippen MR) is 77.1 cm³/mol. The standard InChI is InChI=1S/C13H27N3O2S/c1-11-4-3-9-16(10-11)19(17,18)15-12(2)13-5-7-14-8-6-13/h11-15H,3-10H2,1-2H3. The average molecular weight is 289 g/mol. The first-order valence-electron chi connectivity index (χ1n) is 7.47. The quantitative estimate of drug-likeness (QED) is 0.810. The lowest BCUT2D eigenvalue weighted by Gasteiger charge is -2.33. The van der Waals surface area contributed by atoms with E-state index in [0.29, 0.717) is 24.9 Å². The van der Waals surface area contributed by atoms with Crippen molar-refractivity contribution in [3.05, 3.63) is 0 Å². The van der Waals surface area contributed by atoms with Crippen LogP contribution in [-0.2, 0) is 10.2 Å². The largest absolute Gasteiger partial charge is 0.317 e.